The van der Waals surface area contributed by atoms with E-state index in [0.717, 1.165) is 6.20 Å². The van der Waals surface area contributed by atoms with Gasteiger partial charge in [0.05, 0.1) is 0 Å². The molecule has 1 aromatic rings. The summed E-state index contributed by atoms with van der Waals surface area (Å²) in [6.45, 7) is 2.19. The molecule has 6 nitrogen and oxygen atoms in total. The van der Waals surface area contributed by atoms with Gasteiger partial charge >= 0.3 is 0 Å². The van der Waals surface area contributed by atoms with Crippen LogP contribution >= 0.6 is 10.7 Å². The Balaban J connectivity index is 2.55. The summed E-state index contributed by atoms with van der Waals surface area (Å²) in [5.41, 5.74) is 0.115. The van der Waals surface area contributed by atoms with E-state index in [1.54, 1.807) is 6.26 Å². The third kappa shape index (κ3) is 4.96. The molecule has 2 atom stereocenters. The highest BCUT2D eigenvalue weighted by Gasteiger charge is 2.16. The minimum atomic E-state index is -3.84. The zero-order valence-corrected chi connectivity index (χ0v) is 12.9. The van der Waals surface area contributed by atoms with Gasteiger partial charge in [-0.1, -0.05) is 6.92 Å². The van der Waals surface area contributed by atoms with Crippen molar-refractivity contribution in [3.63, 3.8) is 0 Å². The first kappa shape index (κ1) is 16.2. The molecule has 108 valence electrons. The first-order chi connectivity index (χ1) is 8.71. The molecule has 0 aliphatic heterocycles. The van der Waals surface area contributed by atoms with Gasteiger partial charge in [0, 0.05) is 45.7 Å². The zero-order valence-electron chi connectivity index (χ0n) is 10.5. The van der Waals surface area contributed by atoms with E-state index >= 15 is 0 Å². The first-order valence-corrected chi connectivity index (χ1v) is 9.38. The van der Waals surface area contributed by atoms with Crippen LogP contribution in [0.25, 0.3) is 0 Å². The van der Waals surface area contributed by atoms with Crippen LogP contribution in [0.4, 0.5) is 0 Å². The van der Waals surface area contributed by atoms with Crippen molar-refractivity contribution in [1.29, 1.82) is 0 Å². The van der Waals surface area contributed by atoms with Crippen molar-refractivity contribution in [2.45, 2.75) is 23.5 Å². The predicted molar refractivity (Wildman–Crippen MR) is 74.3 cm³/mol. The van der Waals surface area contributed by atoms with Gasteiger partial charge in [0.1, 0.15) is 10.6 Å². The molecule has 2 N–H and O–H groups in total. The number of hydrogen-bond donors (Lipinski definition) is 2. The number of hydrogen-bond acceptors (Lipinski definition) is 4. The third-order valence-electron chi connectivity index (χ3n) is 2.59. The highest BCUT2D eigenvalue weighted by atomic mass is 35.7. The van der Waals surface area contributed by atoms with Crippen molar-refractivity contribution in [3.8, 4) is 0 Å². The van der Waals surface area contributed by atoms with E-state index < -0.39 is 25.8 Å². The lowest BCUT2D eigenvalue weighted by molar-refractivity contribution is 0.0949. The van der Waals surface area contributed by atoms with Gasteiger partial charge in [0.15, 0.2) is 0 Å². The van der Waals surface area contributed by atoms with E-state index in [1.165, 1.54) is 6.07 Å². The van der Waals surface area contributed by atoms with E-state index in [2.05, 4.69) is 10.3 Å². The highest BCUT2D eigenvalue weighted by Crippen LogP contribution is 2.15. The van der Waals surface area contributed by atoms with E-state index in [9.17, 15) is 17.4 Å². The fourth-order valence-electron chi connectivity index (χ4n) is 1.30. The van der Waals surface area contributed by atoms with Crippen molar-refractivity contribution in [1.82, 2.24) is 10.3 Å². The standard InChI is InChI=1S/C10H15ClN2O4S2/c1-7(18(2)15)3-4-12-10(14)9-5-8(6-13-9)19(11,16)17/h5-7,13H,3-4H2,1-2H3,(H,12,14). The van der Waals surface area contributed by atoms with Gasteiger partial charge in [-0.25, -0.2) is 8.42 Å². The molecule has 0 aliphatic rings. The van der Waals surface area contributed by atoms with Gasteiger partial charge in [-0.15, -0.1) is 0 Å². The van der Waals surface area contributed by atoms with Gasteiger partial charge in [0.2, 0.25) is 0 Å². The number of rotatable bonds is 6. The second kappa shape index (κ2) is 6.53. The number of amides is 1. The van der Waals surface area contributed by atoms with Crippen LogP contribution in [0.1, 0.15) is 23.8 Å². The largest absolute Gasteiger partial charge is 0.356 e. The van der Waals surface area contributed by atoms with E-state index in [4.69, 9.17) is 10.7 Å². The second-order valence-corrected chi connectivity index (χ2v) is 8.41. The molecule has 1 amide bonds. The Hall–Kier alpha value is -0.860. The smallest absolute Gasteiger partial charge is 0.267 e. The Kier molecular flexibility index (Phi) is 5.57. The SMILES string of the molecule is CC(CCNC(=O)c1cc(S(=O)(=O)Cl)c[nH]1)S(C)=O. The lowest BCUT2D eigenvalue weighted by Gasteiger charge is -2.08. The molecular weight excluding hydrogens is 312 g/mol. The monoisotopic (exact) mass is 326 g/mol. The fourth-order valence-corrected chi connectivity index (χ4v) is 2.47. The predicted octanol–water partition coefficient (Wildman–Crippen LogP) is 0.829. The molecule has 0 spiro atoms. The molecule has 2 unspecified atom stereocenters. The molecule has 1 aromatic heterocycles. The highest BCUT2D eigenvalue weighted by molar-refractivity contribution is 8.13. The number of carbonyl (C=O) groups excluding carboxylic acids is 1. The van der Waals surface area contributed by atoms with E-state index in [0.29, 0.717) is 13.0 Å². The van der Waals surface area contributed by atoms with E-state index in [-0.39, 0.29) is 15.8 Å². The van der Waals surface area contributed by atoms with Crippen molar-refractivity contribution < 1.29 is 17.4 Å². The van der Waals surface area contributed by atoms with Gasteiger partial charge in [-0.05, 0) is 12.5 Å². The minimum Gasteiger partial charge on any atom is -0.356 e. The number of aromatic nitrogens is 1. The molecule has 0 fully saturated rings. The average Bonchev–Trinajstić information content (AvgIpc) is 2.77. The van der Waals surface area contributed by atoms with Crippen molar-refractivity contribution >= 4 is 36.4 Å². The Morgan fingerprint density at radius 1 is 1.58 bits per heavy atom. The summed E-state index contributed by atoms with van der Waals surface area (Å²) in [5, 5.41) is 2.60. The Labute approximate surface area is 118 Å². The molecule has 19 heavy (non-hydrogen) atoms. The maximum Gasteiger partial charge on any atom is 0.267 e. The summed E-state index contributed by atoms with van der Waals surface area (Å²) < 4.78 is 33.2. The molecule has 0 aliphatic carbocycles. The summed E-state index contributed by atoms with van der Waals surface area (Å²) in [6.07, 6.45) is 3.34. The molecule has 1 heterocycles. The van der Waals surface area contributed by atoms with Crippen molar-refractivity contribution in [2.24, 2.45) is 0 Å². The molecule has 1 rings (SSSR count). The Bertz CT molecular complexity index is 582. The maximum absolute atomic E-state index is 11.7. The third-order valence-corrected chi connectivity index (χ3v) is 5.29. The lowest BCUT2D eigenvalue weighted by atomic mass is 10.3. The number of aromatic amines is 1. The van der Waals surface area contributed by atoms with Gasteiger partial charge < -0.3 is 10.3 Å². The lowest BCUT2D eigenvalue weighted by Crippen LogP contribution is -2.27. The number of H-pyrrole nitrogens is 1. The zero-order chi connectivity index (χ0) is 14.6. The number of nitrogens with one attached hydrogen (secondary N) is 2. The van der Waals surface area contributed by atoms with Crippen LogP contribution in [0.2, 0.25) is 0 Å². The van der Waals surface area contributed by atoms with Crippen LogP contribution in [0.3, 0.4) is 0 Å². The van der Waals surface area contributed by atoms with Gasteiger partial charge in [-0.3, -0.25) is 9.00 Å². The van der Waals surface area contributed by atoms with Crippen molar-refractivity contribution in [2.75, 3.05) is 12.8 Å². The summed E-state index contributed by atoms with van der Waals surface area (Å²) in [6, 6.07) is 1.17. The summed E-state index contributed by atoms with van der Waals surface area (Å²) in [7, 11) is 0.371. The summed E-state index contributed by atoms with van der Waals surface area (Å²) >= 11 is 0. The Morgan fingerprint density at radius 3 is 2.68 bits per heavy atom. The molecule has 0 radical (unpaired) electrons. The molecule has 0 saturated heterocycles. The fraction of sp³-hybridized carbons (Fsp3) is 0.500. The quantitative estimate of drug-likeness (QED) is 0.757. The van der Waals surface area contributed by atoms with Crippen LogP contribution < -0.4 is 5.32 Å². The van der Waals surface area contributed by atoms with Crippen LogP contribution in [0, 0.1) is 0 Å². The average molecular weight is 327 g/mol. The maximum atomic E-state index is 11.7. The summed E-state index contributed by atoms with van der Waals surface area (Å²) in [5.74, 6) is -0.430. The number of halogens is 1. The van der Waals surface area contributed by atoms with Crippen molar-refractivity contribution in [3.05, 3.63) is 18.0 Å². The molecule has 0 bridgehead atoms. The topological polar surface area (TPSA) is 96.1 Å². The summed E-state index contributed by atoms with van der Waals surface area (Å²) in [4.78, 5) is 14.1. The minimum absolute atomic E-state index is 0.0114. The second-order valence-electron chi connectivity index (χ2n) is 4.04. The van der Waals surface area contributed by atoms with Crippen LogP contribution in [0.5, 0.6) is 0 Å². The molecule has 0 aromatic carbocycles. The van der Waals surface area contributed by atoms with Gasteiger partial charge in [-0.2, -0.15) is 0 Å². The van der Waals surface area contributed by atoms with Crippen LogP contribution in [-0.2, 0) is 19.9 Å². The normalized spacial score (nSPS) is 14.9. The van der Waals surface area contributed by atoms with E-state index in [1.807, 2.05) is 6.92 Å². The van der Waals surface area contributed by atoms with Crippen LogP contribution in [-0.4, -0.2) is 41.6 Å². The van der Waals surface area contributed by atoms with Crippen LogP contribution in [0.15, 0.2) is 17.2 Å². The first-order valence-electron chi connectivity index (χ1n) is 5.45. The molecule has 0 saturated carbocycles. The molecule has 9 heteroatoms. The Morgan fingerprint density at radius 2 is 2.21 bits per heavy atom. The number of carbonyl (C=O) groups is 1. The van der Waals surface area contributed by atoms with Gasteiger partial charge in [0.25, 0.3) is 15.0 Å². The molecular formula is C10H15ClN2O4S2.